The zero-order chi connectivity index (χ0) is 7.56. The molecule has 1 heterocycles. The largest absolute Gasteiger partial charge is 0.410 e. The molecule has 0 spiro atoms. The third-order valence-corrected chi connectivity index (χ3v) is 0.917. The van der Waals surface area contributed by atoms with Crippen LogP contribution in [0, 0.1) is 6.92 Å². The van der Waals surface area contributed by atoms with Crippen molar-refractivity contribution in [3.63, 3.8) is 0 Å². The molecule has 0 radical (unpaired) electrons. The van der Waals surface area contributed by atoms with Crippen LogP contribution in [0.15, 0.2) is 10.7 Å². The van der Waals surface area contributed by atoms with Crippen LogP contribution in [0.5, 0.6) is 5.75 Å². The smallest absolute Gasteiger partial charge is 0.405 e. The van der Waals surface area contributed by atoms with E-state index >= 15 is 0 Å². The molecule has 1 aromatic rings. The second kappa shape index (κ2) is 2.38. The zero-order valence-corrected chi connectivity index (χ0v) is 5.33. The number of aromatic nitrogens is 1. The maximum atomic E-state index is 10.1. The number of aryl methyl sites for hydroxylation is 1. The quantitative estimate of drug-likeness (QED) is 0.617. The van der Waals surface area contributed by atoms with Crippen molar-refractivity contribution < 1.29 is 14.1 Å². The Labute approximate surface area is 56.7 Å². The monoisotopic (exact) mass is 142 g/mol. The van der Waals surface area contributed by atoms with Crippen molar-refractivity contribution in [2.24, 2.45) is 5.73 Å². The summed E-state index contributed by atoms with van der Waals surface area (Å²) < 4.78 is 9.05. The standard InChI is InChI=1S/C5H6N2O3/c1-3-4(2-7-10-3)9-5(6)8/h2H,1H3,(H2,6,8). The fourth-order valence-electron chi connectivity index (χ4n) is 0.496. The second-order valence-electron chi connectivity index (χ2n) is 1.67. The third-order valence-electron chi connectivity index (χ3n) is 0.917. The maximum absolute atomic E-state index is 10.1. The molecule has 10 heavy (non-hydrogen) atoms. The lowest BCUT2D eigenvalue weighted by Gasteiger charge is -1.93. The third kappa shape index (κ3) is 1.25. The molecule has 0 aliphatic rings. The van der Waals surface area contributed by atoms with E-state index in [9.17, 15) is 4.79 Å². The van der Waals surface area contributed by atoms with Crippen LogP contribution in [0.1, 0.15) is 5.76 Å². The Balaban J connectivity index is 2.74. The van der Waals surface area contributed by atoms with Gasteiger partial charge < -0.3 is 15.0 Å². The van der Waals surface area contributed by atoms with Crippen LogP contribution in [0.3, 0.4) is 0 Å². The van der Waals surface area contributed by atoms with Gasteiger partial charge in [0.2, 0.25) is 0 Å². The van der Waals surface area contributed by atoms with Gasteiger partial charge in [0.05, 0.1) is 0 Å². The molecule has 0 aromatic carbocycles. The first-order valence-corrected chi connectivity index (χ1v) is 2.58. The highest BCUT2D eigenvalue weighted by Gasteiger charge is 2.05. The highest BCUT2D eigenvalue weighted by molar-refractivity contribution is 5.68. The average molecular weight is 142 g/mol. The van der Waals surface area contributed by atoms with E-state index in [4.69, 9.17) is 5.73 Å². The van der Waals surface area contributed by atoms with Gasteiger partial charge in [-0.25, -0.2) is 4.79 Å². The predicted molar refractivity (Wildman–Crippen MR) is 31.5 cm³/mol. The summed E-state index contributed by atoms with van der Waals surface area (Å²) in [7, 11) is 0. The average Bonchev–Trinajstić information content (AvgIpc) is 2.15. The maximum Gasteiger partial charge on any atom is 0.410 e. The van der Waals surface area contributed by atoms with Gasteiger partial charge in [-0.15, -0.1) is 0 Å². The van der Waals surface area contributed by atoms with Crippen molar-refractivity contribution in [3.05, 3.63) is 12.0 Å². The SMILES string of the molecule is Cc1oncc1OC(N)=O. The molecule has 0 aliphatic heterocycles. The molecule has 1 amide bonds. The van der Waals surface area contributed by atoms with Gasteiger partial charge in [0.25, 0.3) is 0 Å². The van der Waals surface area contributed by atoms with Crippen molar-refractivity contribution >= 4 is 6.09 Å². The van der Waals surface area contributed by atoms with E-state index in [0.29, 0.717) is 5.76 Å². The number of hydrogen-bond acceptors (Lipinski definition) is 4. The molecule has 54 valence electrons. The summed E-state index contributed by atoms with van der Waals surface area (Å²) in [6.07, 6.45) is 0.409. The van der Waals surface area contributed by atoms with Crippen LogP contribution < -0.4 is 10.5 Å². The molecule has 0 saturated carbocycles. The normalized spacial score (nSPS) is 9.30. The Hall–Kier alpha value is -1.52. The van der Waals surface area contributed by atoms with Crippen molar-refractivity contribution in [3.8, 4) is 5.75 Å². The minimum atomic E-state index is -0.869. The number of nitrogens with zero attached hydrogens (tertiary/aromatic N) is 1. The number of rotatable bonds is 1. The van der Waals surface area contributed by atoms with Crippen LogP contribution in [0.25, 0.3) is 0 Å². The molecule has 0 aliphatic carbocycles. The molecule has 2 N–H and O–H groups in total. The van der Waals surface area contributed by atoms with E-state index < -0.39 is 6.09 Å². The van der Waals surface area contributed by atoms with Gasteiger partial charge in [0.1, 0.15) is 6.20 Å². The fourth-order valence-corrected chi connectivity index (χ4v) is 0.496. The molecule has 5 nitrogen and oxygen atoms in total. The van der Waals surface area contributed by atoms with E-state index in [1.807, 2.05) is 0 Å². The van der Waals surface area contributed by atoms with Crippen LogP contribution in [-0.4, -0.2) is 11.2 Å². The second-order valence-corrected chi connectivity index (χ2v) is 1.67. The molecular weight excluding hydrogens is 136 g/mol. The van der Waals surface area contributed by atoms with Crippen LogP contribution in [-0.2, 0) is 0 Å². The Morgan fingerprint density at radius 2 is 2.60 bits per heavy atom. The van der Waals surface area contributed by atoms with E-state index in [2.05, 4.69) is 14.4 Å². The van der Waals surface area contributed by atoms with E-state index in [1.165, 1.54) is 6.20 Å². The summed E-state index contributed by atoms with van der Waals surface area (Å²) in [5, 5.41) is 3.37. The summed E-state index contributed by atoms with van der Waals surface area (Å²) in [5.41, 5.74) is 4.72. The Bertz CT molecular complexity index is 243. The number of carbonyl (C=O) groups is 1. The molecule has 0 bridgehead atoms. The molecule has 5 heteroatoms. The topological polar surface area (TPSA) is 78.3 Å². The Morgan fingerprint density at radius 1 is 1.90 bits per heavy atom. The lowest BCUT2D eigenvalue weighted by atomic mass is 10.5. The molecular formula is C5H6N2O3. The zero-order valence-electron chi connectivity index (χ0n) is 5.33. The summed E-state index contributed by atoms with van der Waals surface area (Å²) >= 11 is 0. The summed E-state index contributed by atoms with van der Waals surface area (Å²) in [5.74, 6) is 0.686. The molecule has 0 fully saturated rings. The summed E-state index contributed by atoms with van der Waals surface area (Å²) in [6.45, 7) is 1.62. The molecule has 0 unspecified atom stereocenters. The van der Waals surface area contributed by atoms with E-state index in [-0.39, 0.29) is 5.75 Å². The van der Waals surface area contributed by atoms with Crippen molar-refractivity contribution in [2.45, 2.75) is 6.92 Å². The Morgan fingerprint density at radius 3 is 3.00 bits per heavy atom. The highest BCUT2D eigenvalue weighted by atomic mass is 16.6. The van der Waals surface area contributed by atoms with Crippen molar-refractivity contribution in [2.75, 3.05) is 0 Å². The highest BCUT2D eigenvalue weighted by Crippen LogP contribution is 2.14. The predicted octanol–water partition coefficient (Wildman–Crippen LogP) is 0.441. The first-order chi connectivity index (χ1) is 4.70. The molecule has 0 saturated heterocycles. The first-order valence-electron chi connectivity index (χ1n) is 2.58. The lowest BCUT2D eigenvalue weighted by Crippen LogP contribution is -2.16. The fraction of sp³-hybridized carbons (Fsp3) is 0.200. The molecule has 1 rings (SSSR count). The number of ether oxygens (including phenoxy) is 1. The van der Waals surface area contributed by atoms with Gasteiger partial charge in [-0.2, -0.15) is 0 Å². The van der Waals surface area contributed by atoms with Gasteiger partial charge in [-0.1, -0.05) is 5.16 Å². The van der Waals surface area contributed by atoms with Gasteiger partial charge in [-0.3, -0.25) is 0 Å². The number of primary amides is 1. The van der Waals surface area contributed by atoms with Gasteiger partial charge in [0, 0.05) is 6.92 Å². The summed E-state index contributed by atoms with van der Waals surface area (Å²) in [4.78, 5) is 10.1. The number of hydrogen-bond donors (Lipinski definition) is 1. The van der Waals surface area contributed by atoms with Crippen LogP contribution in [0.2, 0.25) is 0 Å². The number of nitrogens with two attached hydrogens (primary N) is 1. The van der Waals surface area contributed by atoms with Gasteiger partial charge in [-0.05, 0) is 0 Å². The number of carbonyl (C=O) groups excluding carboxylic acids is 1. The van der Waals surface area contributed by atoms with Crippen LogP contribution in [0.4, 0.5) is 4.79 Å². The minimum Gasteiger partial charge on any atom is -0.405 e. The summed E-state index contributed by atoms with van der Waals surface area (Å²) in [6, 6.07) is 0. The number of amides is 1. The van der Waals surface area contributed by atoms with Gasteiger partial charge in [0.15, 0.2) is 11.5 Å². The van der Waals surface area contributed by atoms with E-state index in [1.54, 1.807) is 6.92 Å². The van der Waals surface area contributed by atoms with Crippen LogP contribution >= 0.6 is 0 Å². The van der Waals surface area contributed by atoms with E-state index in [0.717, 1.165) is 0 Å². The lowest BCUT2D eigenvalue weighted by molar-refractivity contribution is 0.210. The molecule has 0 atom stereocenters. The van der Waals surface area contributed by atoms with Crippen molar-refractivity contribution in [1.29, 1.82) is 0 Å². The minimum absolute atomic E-state index is 0.257. The van der Waals surface area contributed by atoms with Crippen molar-refractivity contribution in [1.82, 2.24) is 5.16 Å². The van der Waals surface area contributed by atoms with Gasteiger partial charge >= 0.3 is 6.09 Å². The molecule has 1 aromatic heterocycles. The first kappa shape index (κ1) is 6.60. The Kier molecular flexibility index (Phi) is 1.57.